The molecule has 0 aliphatic rings. The monoisotopic (exact) mass is 298 g/mol. The lowest BCUT2D eigenvalue weighted by atomic mass is 10.0. The number of para-hydroxylation sites is 1. The minimum atomic E-state index is -0.443. The number of anilines is 1. The molecule has 3 N–H and O–H groups in total. The summed E-state index contributed by atoms with van der Waals surface area (Å²) in [6.45, 7) is 4.11. The first-order chi connectivity index (χ1) is 8.99. The summed E-state index contributed by atoms with van der Waals surface area (Å²) in [5.41, 5.74) is 8.69. The summed E-state index contributed by atoms with van der Waals surface area (Å²) in [7, 11) is 3.48. The molecule has 0 aliphatic heterocycles. The van der Waals surface area contributed by atoms with Crippen LogP contribution in [0.15, 0.2) is 23.2 Å². The third kappa shape index (κ3) is 4.74. The molecule has 1 aromatic carbocycles. The summed E-state index contributed by atoms with van der Waals surface area (Å²) in [4.78, 5) is 17.2. The minimum Gasteiger partial charge on any atom is -0.369 e. The van der Waals surface area contributed by atoms with Crippen LogP contribution in [0, 0.1) is 0 Å². The predicted molar refractivity (Wildman–Crippen MR) is 86.8 cm³/mol. The van der Waals surface area contributed by atoms with Gasteiger partial charge in [0.1, 0.15) is 0 Å². The van der Waals surface area contributed by atoms with Gasteiger partial charge in [0.15, 0.2) is 5.96 Å². The van der Waals surface area contributed by atoms with Gasteiger partial charge in [-0.25, -0.2) is 4.79 Å². The van der Waals surface area contributed by atoms with E-state index in [2.05, 4.69) is 24.2 Å². The lowest BCUT2D eigenvalue weighted by molar-refractivity contribution is 0.259. The van der Waals surface area contributed by atoms with E-state index in [9.17, 15) is 4.79 Å². The second-order valence-corrected chi connectivity index (χ2v) is 4.45. The molecule has 5 nitrogen and oxygen atoms in total. The van der Waals surface area contributed by atoms with Crippen LogP contribution in [0.2, 0.25) is 0 Å². The Morgan fingerprint density at radius 1 is 1.25 bits per heavy atom. The van der Waals surface area contributed by atoms with Gasteiger partial charge in [0.2, 0.25) is 0 Å². The maximum Gasteiger partial charge on any atom is 0.348 e. The molecule has 0 aromatic heterocycles. The van der Waals surface area contributed by atoms with Crippen LogP contribution in [-0.4, -0.2) is 31.0 Å². The zero-order valence-corrected chi connectivity index (χ0v) is 13.3. The lowest BCUT2D eigenvalue weighted by Crippen LogP contribution is -2.32. The SMILES string of the molecule is CCc1cccc(CC)c1NC(=O)/N=C(/N)N(C)C.Cl. The number of nitrogens with two attached hydrogens (primary N) is 1. The third-order valence-electron chi connectivity index (χ3n) is 2.91. The van der Waals surface area contributed by atoms with Gasteiger partial charge in [-0.2, -0.15) is 4.99 Å². The molecule has 1 aromatic rings. The fraction of sp³-hybridized carbons (Fsp3) is 0.429. The fourth-order valence-electron chi connectivity index (χ4n) is 1.74. The summed E-state index contributed by atoms with van der Waals surface area (Å²) in [6.07, 6.45) is 1.71. The Morgan fingerprint density at radius 3 is 2.15 bits per heavy atom. The minimum absolute atomic E-state index is 0. The van der Waals surface area contributed by atoms with Crippen molar-refractivity contribution in [2.24, 2.45) is 10.7 Å². The average Bonchev–Trinajstić information content (AvgIpc) is 2.38. The van der Waals surface area contributed by atoms with Crippen molar-refractivity contribution >= 4 is 30.1 Å². The smallest absolute Gasteiger partial charge is 0.348 e. The molecular weight excluding hydrogens is 276 g/mol. The van der Waals surface area contributed by atoms with Crippen LogP contribution in [0.1, 0.15) is 25.0 Å². The van der Waals surface area contributed by atoms with Gasteiger partial charge in [0.25, 0.3) is 0 Å². The number of guanidine groups is 1. The molecule has 2 amide bonds. The van der Waals surface area contributed by atoms with E-state index in [1.54, 1.807) is 19.0 Å². The number of benzene rings is 1. The maximum atomic E-state index is 11.9. The van der Waals surface area contributed by atoms with Gasteiger partial charge in [0.05, 0.1) is 0 Å². The molecule has 0 aliphatic carbocycles. The Morgan fingerprint density at radius 2 is 1.75 bits per heavy atom. The molecule has 1 rings (SSSR count). The molecule has 0 saturated heterocycles. The highest BCUT2D eigenvalue weighted by molar-refractivity contribution is 5.99. The molecule has 20 heavy (non-hydrogen) atoms. The van der Waals surface area contributed by atoms with Crippen LogP contribution < -0.4 is 11.1 Å². The van der Waals surface area contributed by atoms with E-state index >= 15 is 0 Å². The van der Waals surface area contributed by atoms with Crippen molar-refractivity contribution in [2.75, 3.05) is 19.4 Å². The Labute approximate surface area is 126 Å². The lowest BCUT2D eigenvalue weighted by Gasteiger charge is -2.14. The molecule has 0 heterocycles. The van der Waals surface area contributed by atoms with E-state index in [0.29, 0.717) is 0 Å². The summed E-state index contributed by atoms with van der Waals surface area (Å²) in [6, 6.07) is 5.58. The first-order valence-electron chi connectivity index (χ1n) is 6.42. The standard InChI is InChI=1S/C14H22N4O.ClH/c1-5-10-8-7-9-11(6-2)12(10)16-14(19)17-13(15)18(3)4;/h7-9H,5-6H2,1-4H3,(H3,15,16,17,19);1H. The van der Waals surface area contributed by atoms with E-state index in [1.807, 2.05) is 18.2 Å². The summed E-state index contributed by atoms with van der Waals surface area (Å²) in [5, 5.41) is 2.83. The highest BCUT2D eigenvalue weighted by Crippen LogP contribution is 2.22. The van der Waals surface area contributed by atoms with Crippen LogP contribution in [0.5, 0.6) is 0 Å². The van der Waals surface area contributed by atoms with Crippen LogP contribution >= 0.6 is 12.4 Å². The number of aryl methyl sites for hydroxylation is 2. The van der Waals surface area contributed by atoms with E-state index in [0.717, 1.165) is 29.7 Å². The summed E-state index contributed by atoms with van der Waals surface area (Å²) >= 11 is 0. The van der Waals surface area contributed by atoms with E-state index in [-0.39, 0.29) is 18.4 Å². The van der Waals surface area contributed by atoms with Crippen LogP contribution in [-0.2, 0) is 12.8 Å². The normalized spacial score (nSPS) is 10.7. The first kappa shape index (κ1) is 18.2. The molecule has 0 atom stereocenters. The largest absolute Gasteiger partial charge is 0.369 e. The Hall–Kier alpha value is -1.75. The van der Waals surface area contributed by atoms with Gasteiger partial charge in [0, 0.05) is 19.8 Å². The number of carbonyl (C=O) groups excluding carboxylic acids is 1. The topological polar surface area (TPSA) is 70.7 Å². The molecule has 0 radical (unpaired) electrons. The quantitative estimate of drug-likeness (QED) is 0.666. The van der Waals surface area contributed by atoms with Crippen molar-refractivity contribution in [1.82, 2.24) is 4.90 Å². The Bertz CT molecular complexity index is 464. The van der Waals surface area contributed by atoms with Gasteiger partial charge >= 0.3 is 6.03 Å². The molecular formula is C14H23ClN4O. The second-order valence-electron chi connectivity index (χ2n) is 4.45. The third-order valence-corrected chi connectivity index (χ3v) is 2.91. The maximum absolute atomic E-state index is 11.9. The van der Waals surface area contributed by atoms with Gasteiger partial charge in [-0.15, -0.1) is 12.4 Å². The number of nitrogens with one attached hydrogen (secondary N) is 1. The molecule has 0 spiro atoms. The van der Waals surface area contributed by atoms with Crippen LogP contribution in [0.3, 0.4) is 0 Å². The number of aliphatic imine (C=N–C) groups is 1. The van der Waals surface area contributed by atoms with E-state index in [4.69, 9.17) is 5.73 Å². The van der Waals surface area contributed by atoms with Gasteiger partial charge in [-0.3, -0.25) is 0 Å². The van der Waals surface area contributed by atoms with Crippen molar-refractivity contribution in [1.29, 1.82) is 0 Å². The Kier molecular flexibility index (Phi) is 7.69. The predicted octanol–water partition coefficient (Wildman–Crippen LogP) is 2.64. The zero-order valence-electron chi connectivity index (χ0n) is 12.4. The molecule has 0 saturated carbocycles. The van der Waals surface area contributed by atoms with Gasteiger partial charge < -0.3 is 16.0 Å². The number of nitrogens with zero attached hydrogens (tertiary/aromatic N) is 2. The van der Waals surface area contributed by atoms with Crippen LogP contribution in [0.4, 0.5) is 10.5 Å². The summed E-state index contributed by atoms with van der Waals surface area (Å²) < 4.78 is 0. The van der Waals surface area contributed by atoms with E-state index in [1.165, 1.54) is 0 Å². The molecule has 0 unspecified atom stereocenters. The number of halogens is 1. The first-order valence-corrected chi connectivity index (χ1v) is 6.42. The highest BCUT2D eigenvalue weighted by atomic mass is 35.5. The molecule has 112 valence electrons. The highest BCUT2D eigenvalue weighted by Gasteiger charge is 2.10. The number of hydrogen-bond acceptors (Lipinski definition) is 1. The fourth-order valence-corrected chi connectivity index (χ4v) is 1.74. The second kappa shape index (κ2) is 8.43. The Balaban J connectivity index is 0.00000361. The zero-order chi connectivity index (χ0) is 14.4. The van der Waals surface area contributed by atoms with Crippen molar-refractivity contribution in [2.45, 2.75) is 26.7 Å². The molecule has 0 fully saturated rings. The number of rotatable bonds is 3. The summed E-state index contributed by atoms with van der Waals surface area (Å²) in [5.74, 6) is 0.185. The van der Waals surface area contributed by atoms with Crippen molar-refractivity contribution in [3.8, 4) is 0 Å². The average molecular weight is 299 g/mol. The van der Waals surface area contributed by atoms with Crippen molar-refractivity contribution in [3.63, 3.8) is 0 Å². The number of hydrogen-bond donors (Lipinski definition) is 2. The van der Waals surface area contributed by atoms with E-state index < -0.39 is 6.03 Å². The van der Waals surface area contributed by atoms with Crippen LogP contribution in [0.25, 0.3) is 0 Å². The number of carbonyl (C=O) groups is 1. The number of urea groups is 1. The van der Waals surface area contributed by atoms with Gasteiger partial charge in [-0.05, 0) is 24.0 Å². The number of amides is 2. The molecule has 6 heteroatoms. The molecule has 0 bridgehead atoms. The van der Waals surface area contributed by atoms with Crippen molar-refractivity contribution in [3.05, 3.63) is 29.3 Å². The van der Waals surface area contributed by atoms with Crippen molar-refractivity contribution < 1.29 is 4.79 Å². The van der Waals surface area contributed by atoms with Gasteiger partial charge in [-0.1, -0.05) is 32.0 Å².